The Bertz CT molecular complexity index is 275. The van der Waals surface area contributed by atoms with Gasteiger partial charge >= 0.3 is 11.9 Å². The summed E-state index contributed by atoms with van der Waals surface area (Å²) in [5.41, 5.74) is 0. The highest BCUT2D eigenvalue weighted by Gasteiger charge is 2.51. The molecule has 1 unspecified atom stereocenters. The van der Waals surface area contributed by atoms with E-state index >= 15 is 0 Å². The van der Waals surface area contributed by atoms with Gasteiger partial charge in [0.25, 0.3) is 0 Å². The van der Waals surface area contributed by atoms with Crippen LogP contribution in [0, 0.1) is 0 Å². The van der Waals surface area contributed by atoms with Crippen LogP contribution >= 0.6 is 11.8 Å². The molecule has 0 aliphatic carbocycles. The molecule has 1 atom stereocenters. The second kappa shape index (κ2) is 5.61. The fourth-order valence-electron chi connectivity index (χ4n) is 1.47. The molecule has 0 bridgehead atoms. The number of rotatable bonds is 4. The van der Waals surface area contributed by atoms with Gasteiger partial charge in [-0.15, -0.1) is 0 Å². The summed E-state index contributed by atoms with van der Waals surface area (Å²) in [7, 11) is 0. The first-order valence-electron chi connectivity index (χ1n) is 5.21. The van der Waals surface area contributed by atoms with Crippen LogP contribution in [0.2, 0.25) is 0 Å². The largest absolute Gasteiger partial charge is 0.461 e. The Morgan fingerprint density at radius 1 is 1.44 bits per heavy atom. The molecular weight excluding hydrogens is 238 g/mol. The summed E-state index contributed by atoms with van der Waals surface area (Å²) in [5, 5.41) is -0.770. The van der Waals surface area contributed by atoms with Gasteiger partial charge in [-0.3, -0.25) is 4.79 Å². The molecule has 1 aliphatic heterocycles. The first kappa shape index (κ1) is 13.4. The molecule has 0 amide bonds. The number of carbonyl (C=O) groups is 2. The number of esters is 1. The van der Waals surface area contributed by atoms with Gasteiger partial charge in [0.1, 0.15) is 0 Å². The normalized spacial score (nSPS) is 21.6. The average molecular weight is 252 g/mol. The number of hydrogen-bond donors (Lipinski definition) is 0. The molecule has 92 valence electrons. The molecule has 1 rings (SSSR count). The highest BCUT2D eigenvalue weighted by Crippen LogP contribution is 2.31. The maximum absolute atomic E-state index is 13.3. The lowest BCUT2D eigenvalue weighted by atomic mass is 10.1. The SMILES string of the molecule is CCOC(=O)C(F)(F)C(=O)C1CCCCS1. The minimum Gasteiger partial charge on any atom is -0.461 e. The minimum atomic E-state index is -4.00. The Morgan fingerprint density at radius 3 is 2.62 bits per heavy atom. The van der Waals surface area contributed by atoms with Crippen LogP contribution < -0.4 is 0 Å². The number of Topliss-reactive ketones (excluding diaryl/α,β-unsaturated/α-hetero) is 1. The quantitative estimate of drug-likeness (QED) is 0.567. The molecule has 16 heavy (non-hydrogen) atoms. The molecule has 1 fully saturated rings. The summed E-state index contributed by atoms with van der Waals surface area (Å²) in [4.78, 5) is 22.4. The van der Waals surface area contributed by atoms with E-state index in [-0.39, 0.29) is 6.61 Å². The maximum Gasteiger partial charge on any atom is 0.400 e. The van der Waals surface area contributed by atoms with E-state index in [9.17, 15) is 18.4 Å². The minimum absolute atomic E-state index is 0.153. The first-order valence-corrected chi connectivity index (χ1v) is 6.26. The van der Waals surface area contributed by atoms with Gasteiger partial charge in [-0.1, -0.05) is 6.42 Å². The molecule has 3 nitrogen and oxygen atoms in total. The van der Waals surface area contributed by atoms with Crippen molar-refractivity contribution in [3.05, 3.63) is 0 Å². The Kier molecular flexibility index (Phi) is 4.70. The van der Waals surface area contributed by atoms with Gasteiger partial charge in [0, 0.05) is 0 Å². The number of halogens is 2. The first-order chi connectivity index (χ1) is 7.50. The molecule has 0 radical (unpaired) electrons. The van der Waals surface area contributed by atoms with Gasteiger partial charge in [0.05, 0.1) is 11.9 Å². The van der Waals surface area contributed by atoms with E-state index in [0.717, 1.165) is 12.8 Å². The number of carbonyl (C=O) groups excluding carboxylic acids is 2. The van der Waals surface area contributed by atoms with E-state index in [4.69, 9.17) is 0 Å². The van der Waals surface area contributed by atoms with E-state index in [1.165, 1.54) is 18.7 Å². The Balaban J connectivity index is 2.66. The van der Waals surface area contributed by atoms with Crippen molar-refractivity contribution in [3.63, 3.8) is 0 Å². The third-order valence-electron chi connectivity index (χ3n) is 2.31. The van der Waals surface area contributed by atoms with E-state index in [0.29, 0.717) is 12.2 Å². The average Bonchev–Trinajstić information content (AvgIpc) is 2.29. The van der Waals surface area contributed by atoms with Gasteiger partial charge < -0.3 is 4.74 Å². The molecule has 0 spiro atoms. The number of thioether (sulfide) groups is 1. The molecule has 1 heterocycles. The molecule has 6 heteroatoms. The van der Waals surface area contributed by atoms with Crippen LogP contribution in [0.5, 0.6) is 0 Å². The highest BCUT2D eigenvalue weighted by atomic mass is 32.2. The van der Waals surface area contributed by atoms with Crippen molar-refractivity contribution in [2.45, 2.75) is 37.4 Å². The zero-order valence-corrected chi connectivity index (χ0v) is 9.82. The van der Waals surface area contributed by atoms with Crippen molar-refractivity contribution in [2.24, 2.45) is 0 Å². The van der Waals surface area contributed by atoms with Crippen LogP contribution in [0.3, 0.4) is 0 Å². The maximum atomic E-state index is 13.3. The number of ketones is 1. The smallest absolute Gasteiger partial charge is 0.400 e. The Labute approximate surface area is 96.9 Å². The predicted molar refractivity (Wildman–Crippen MR) is 56.7 cm³/mol. The van der Waals surface area contributed by atoms with Crippen LogP contribution in [0.25, 0.3) is 0 Å². The molecular formula is C10H14F2O3S. The van der Waals surface area contributed by atoms with Crippen molar-refractivity contribution in [1.82, 2.24) is 0 Å². The van der Waals surface area contributed by atoms with Crippen LogP contribution in [0.4, 0.5) is 8.78 Å². The molecule has 0 aromatic rings. The lowest BCUT2D eigenvalue weighted by molar-refractivity contribution is -0.176. The Hall–Kier alpha value is -0.650. The van der Waals surface area contributed by atoms with Crippen molar-refractivity contribution in [1.29, 1.82) is 0 Å². The lowest BCUT2D eigenvalue weighted by Crippen LogP contribution is -2.44. The Morgan fingerprint density at radius 2 is 2.12 bits per heavy atom. The number of alkyl halides is 2. The third-order valence-corrected chi connectivity index (χ3v) is 3.69. The highest BCUT2D eigenvalue weighted by molar-refractivity contribution is 8.00. The topological polar surface area (TPSA) is 43.4 Å². The van der Waals surface area contributed by atoms with Crippen LogP contribution in [-0.4, -0.2) is 35.3 Å². The molecule has 1 saturated heterocycles. The van der Waals surface area contributed by atoms with Gasteiger partial charge in [-0.2, -0.15) is 20.5 Å². The summed E-state index contributed by atoms with van der Waals surface area (Å²) < 4.78 is 30.9. The number of ether oxygens (including phenoxy) is 1. The summed E-state index contributed by atoms with van der Waals surface area (Å²) in [5.74, 6) is -6.35. The van der Waals surface area contributed by atoms with E-state index in [1.54, 1.807) is 0 Å². The second-order valence-electron chi connectivity index (χ2n) is 3.51. The summed E-state index contributed by atoms with van der Waals surface area (Å²) in [6.45, 7) is 1.27. The van der Waals surface area contributed by atoms with Crippen molar-refractivity contribution >= 4 is 23.5 Å². The fourth-order valence-corrected chi connectivity index (χ4v) is 2.76. The second-order valence-corrected chi connectivity index (χ2v) is 4.82. The molecule has 0 aromatic carbocycles. The molecule has 1 aliphatic rings. The zero-order chi connectivity index (χ0) is 12.2. The molecule has 0 N–H and O–H groups in total. The van der Waals surface area contributed by atoms with Crippen molar-refractivity contribution in [2.75, 3.05) is 12.4 Å². The van der Waals surface area contributed by atoms with Crippen LogP contribution in [0.15, 0.2) is 0 Å². The zero-order valence-electron chi connectivity index (χ0n) is 9.00. The van der Waals surface area contributed by atoms with Gasteiger partial charge in [0.2, 0.25) is 5.78 Å². The summed E-state index contributed by atoms with van der Waals surface area (Å²) in [6, 6.07) is 0. The van der Waals surface area contributed by atoms with Crippen molar-refractivity contribution < 1.29 is 23.1 Å². The number of hydrogen-bond acceptors (Lipinski definition) is 4. The van der Waals surface area contributed by atoms with E-state index in [1.807, 2.05) is 0 Å². The fraction of sp³-hybridized carbons (Fsp3) is 0.800. The predicted octanol–water partition coefficient (Wildman–Crippen LogP) is 2.04. The van der Waals surface area contributed by atoms with Crippen molar-refractivity contribution in [3.8, 4) is 0 Å². The third kappa shape index (κ3) is 2.93. The standard InChI is InChI=1S/C10H14F2O3S/c1-2-15-9(14)10(11,12)8(13)7-5-3-4-6-16-7/h7H,2-6H2,1H3. The van der Waals surface area contributed by atoms with Gasteiger partial charge in [-0.05, 0) is 25.5 Å². The summed E-state index contributed by atoms with van der Waals surface area (Å²) in [6.07, 6.45) is 2.10. The monoisotopic (exact) mass is 252 g/mol. The lowest BCUT2D eigenvalue weighted by Gasteiger charge is -2.23. The van der Waals surface area contributed by atoms with Gasteiger partial charge in [-0.25, -0.2) is 4.79 Å². The van der Waals surface area contributed by atoms with E-state index < -0.39 is 22.9 Å². The summed E-state index contributed by atoms with van der Waals surface area (Å²) >= 11 is 1.20. The van der Waals surface area contributed by atoms with E-state index in [2.05, 4.69) is 4.74 Å². The van der Waals surface area contributed by atoms with Crippen LogP contribution in [-0.2, 0) is 14.3 Å². The molecule has 0 aromatic heterocycles. The molecule has 0 saturated carbocycles. The van der Waals surface area contributed by atoms with Gasteiger partial charge in [0.15, 0.2) is 0 Å². The van der Waals surface area contributed by atoms with Crippen LogP contribution in [0.1, 0.15) is 26.2 Å².